The molecule has 2 aromatic rings. The van der Waals surface area contributed by atoms with Crippen molar-refractivity contribution in [3.05, 3.63) is 54.1 Å². The second-order valence-corrected chi connectivity index (χ2v) is 7.53. The molecule has 2 aromatic carbocycles. The van der Waals surface area contributed by atoms with E-state index in [1.54, 1.807) is 7.11 Å². The first-order valence-corrected chi connectivity index (χ1v) is 9.80. The zero-order valence-corrected chi connectivity index (χ0v) is 16.6. The van der Waals surface area contributed by atoms with Crippen LogP contribution in [0.1, 0.15) is 25.3 Å². The van der Waals surface area contributed by atoms with Gasteiger partial charge in [0.1, 0.15) is 5.75 Å². The molecule has 1 heterocycles. The quantitative estimate of drug-likeness (QED) is 0.771. The van der Waals surface area contributed by atoms with E-state index in [1.807, 2.05) is 37.3 Å². The number of nitrogens with one attached hydrogen (secondary N) is 1. The van der Waals surface area contributed by atoms with E-state index in [0.717, 1.165) is 22.4 Å². The molecule has 3 rings (SSSR count). The van der Waals surface area contributed by atoms with Crippen molar-refractivity contribution in [2.24, 2.45) is 5.41 Å². The highest BCUT2D eigenvalue weighted by molar-refractivity contribution is 5.83. The van der Waals surface area contributed by atoms with Gasteiger partial charge in [0, 0.05) is 24.8 Å². The van der Waals surface area contributed by atoms with Crippen molar-refractivity contribution >= 4 is 5.91 Å². The van der Waals surface area contributed by atoms with Crippen LogP contribution in [0.3, 0.4) is 0 Å². The molecule has 1 fully saturated rings. The van der Waals surface area contributed by atoms with Gasteiger partial charge in [-0.3, -0.25) is 4.79 Å². The summed E-state index contributed by atoms with van der Waals surface area (Å²) in [6.07, 6.45) is 2.00. The normalized spacial score (nSPS) is 17.0. The van der Waals surface area contributed by atoms with Crippen molar-refractivity contribution in [3.8, 4) is 16.9 Å². The average Bonchev–Trinajstić information content (AvgIpc) is 2.74. The number of rotatable bonds is 7. The van der Waals surface area contributed by atoms with Crippen molar-refractivity contribution in [2.75, 3.05) is 26.9 Å². The number of hydrogen-bond acceptors (Lipinski definition) is 4. The first kappa shape index (κ1) is 20.4. The third-order valence-corrected chi connectivity index (χ3v) is 5.47. The average molecular weight is 383 g/mol. The smallest absolute Gasteiger partial charge is 0.227 e. The lowest BCUT2D eigenvalue weighted by Gasteiger charge is -2.36. The lowest BCUT2D eigenvalue weighted by atomic mass is 9.74. The third-order valence-electron chi connectivity index (χ3n) is 5.47. The summed E-state index contributed by atoms with van der Waals surface area (Å²) in [5.41, 5.74) is 2.70. The van der Waals surface area contributed by atoms with Crippen LogP contribution in [0, 0.1) is 5.41 Å². The minimum Gasteiger partial charge on any atom is -0.496 e. The van der Waals surface area contributed by atoms with E-state index in [2.05, 4.69) is 23.5 Å². The van der Waals surface area contributed by atoms with Crippen LogP contribution in [0.4, 0.5) is 0 Å². The third kappa shape index (κ3) is 4.54. The molecule has 0 saturated carbocycles. The minimum atomic E-state index is -0.513. The Morgan fingerprint density at radius 3 is 2.68 bits per heavy atom. The van der Waals surface area contributed by atoms with Gasteiger partial charge in [-0.1, -0.05) is 42.5 Å². The summed E-state index contributed by atoms with van der Waals surface area (Å²) in [5, 5.41) is 12.3. The number of para-hydroxylation sites is 1. The molecule has 28 heavy (non-hydrogen) atoms. The molecule has 5 nitrogen and oxygen atoms in total. The molecular formula is C23H29NO4. The van der Waals surface area contributed by atoms with E-state index in [9.17, 15) is 9.90 Å². The fraction of sp³-hybridized carbons (Fsp3) is 0.435. The Hall–Kier alpha value is -2.37. The maximum Gasteiger partial charge on any atom is 0.227 e. The molecule has 0 aliphatic carbocycles. The Morgan fingerprint density at radius 2 is 1.96 bits per heavy atom. The van der Waals surface area contributed by atoms with Crippen LogP contribution in [0.2, 0.25) is 0 Å². The van der Waals surface area contributed by atoms with E-state index in [4.69, 9.17) is 9.47 Å². The molecule has 1 unspecified atom stereocenters. The molecule has 0 aromatic heterocycles. The maximum atomic E-state index is 13.1. The predicted molar refractivity (Wildman–Crippen MR) is 109 cm³/mol. The lowest BCUT2D eigenvalue weighted by Crippen LogP contribution is -2.49. The number of carbonyl (C=O) groups excluding carboxylic acids is 1. The number of hydrogen-bond donors (Lipinski definition) is 2. The van der Waals surface area contributed by atoms with Gasteiger partial charge in [-0.25, -0.2) is 0 Å². The molecule has 1 atom stereocenters. The van der Waals surface area contributed by atoms with Gasteiger partial charge >= 0.3 is 0 Å². The van der Waals surface area contributed by atoms with Crippen molar-refractivity contribution in [1.29, 1.82) is 0 Å². The van der Waals surface area contributed by atoms with E-state index in [1.165, 1.54) is 0 Å². The van der Waals surface area contributed by atoms with Crippen molar-refractivity contribution in [2.45, 2.75) is 32.2 Å². The van der Waals surface area contributed by atoms with Gasteiger partial charge in [-0.15, -0.1) is 0 Å². The van der Waals surface area contributed by atoms with Crippen LogP contribution in [0.25, 0.3) is 11.1 Å². The molecule has 1 saturated heterocycles. The van der Waals surface area contributed by atoms with Gasteiger partial charge < -0.3 is 19.9 Å². The van der Waals surface area contributed by atoms with Crippen LogP contribution in [-0.2, 0) is 16.0 Å². The van der Waals surface area contributed by atoms with Gasteiger partial charge in [-0.05, 0) is 43.4 Å². The first-order chi connectivity index (χ1) is 13.6. The summed E-state index contributed by atoms with van der Waals surface area (Å²) in [7, 11) is 1.67. The number of benzene rings is 2. The molecule has 1 aliphatic rings. The monoisotopic (exact) mass is 383 g/mol. The number of aliphatic hydroxyl groups excluding tert-OH is 1. The SMILES string of the molecule is COc1ccccc1-c1cccc(CC2(C(=O)NC(C)CO)CCOCC2)c1. The summed E-state index contributed by atoms with van der Waals surface area (Å²) in [6, 6.07) is 16.0. The molecule has 5 heteroatoms. The van der Waals surface area contributed by atoms with Gasteiger partial charge in [0.05, 0.1) is 19.1 Å². The van der Waals surface area contributed by atoms with Crippen LogP contribution in [0.15, 0.2) is 48.5 Å². The van der Waals surface area contributed by atoms with Crippen LogP contribution in [-0.4, -0.2) is 44.0 Å². The fourth-order valence-electron chi connectivity index (χ4n) is 3.79. The molecule has 2 N–H and O–H groups in total. The summed E-state index contributed by atoms with van der Waals surface area (Å²) >= 11 is 0. The number of carbonyl (C=O) groups is 1. The van der Waals surface area contributed by atoms with E-state index in [-0.39, 0.29) is 18.6 Å². The lowest BCUT2D eigenvalue weighted by molar-refractivity contribution is -0.137. The maximum absolute atomic E-state index is 13.1. The fourth-order valence-corrected chi connectivity index (χ4v) is 3.79. The van der Waals surface area contributed by atoms with Gasteiger partial charge in [-0.2, -0.15) is 0 Å². The Labute approximate surface area is 166 Å². The Kier molecular flexibility index (Phi) is 6.70. The Balaban J connectivity index is 1.88. The zero-order chi connectivity index (χ0) is 20.0. The largest absolute Gasteiger partial charge is 0.496 e. The van der Waals surface area contributed by atoms with Gasteiger partial charge in [0.2, 0.25) is 5.91 Å². The van der Waals surface area contributed by atoms with E-state index < -0.39 is 5.41 Å². The zero-order valence-electron chi connectivity index (χ0n) is 16.6. The highest BCUT2D eigenvalue weighted by Crippen LogP contribution is 2.37. The molecule has 150 valence electrons. The second kappa shape index (κ2) is 9.22. The topological polar surface area (TPSA) is 67.8 Å². The summed E-state index contributed by atoms with van der Waals surface area (Å²) in [6.45, 7) is 2.90. The number of methoxy groups -OCH3 is 1. The van der Waals surface area contributed by atoms with Crippen molar-refractivity contribution in [1.82, 2.24) is 5.32 Å². The predicted octanol–water partition coefficient (Wildman–Crippen LogP) is 3.20. The van der Waals surface area contributed by atoms with E-state index >= 15 is 0 Å². The standard InChI is InChI=1S/C23H29NO4/c1-17(16-25)24-22(26)23(10-12-28-13-11-23)15-18-6-5-7-19(14-18)20-8-3-4-9-21(20)27-2/h3-9,14,17,25H,10-13,15-16H2,1-2H3,(H,24,26). The summed E-state index contributed by atoms with van der Waals surface area (Å²) in [5.74, 6) is 0.829. The number of aliphatic hydroxyl groups is 1. The van der Waals surface area contributed by atoms with Crippen LogP contribution < -0.4 is 10.1 Å². The van der Waals surface area contributed by atoms with Crippen LogP contribution in [0.5, 0.6) is 5.75 Å². The highest BCUT2D eigenvalue weighted by atomic mass is 16.5. The Morgan fingerprint density at radius 1 is 1.21 bits per heavy atom. The number of ether oxygens (including phenoxy) is 2. The first-order valence-electron chi connectivity index (χ1n) is 9.80. The van der Waals surface area contributed by atoms with Crippen LogP contribution >= 0.6 is 0 Å². The van der Waals surface area contributed by atoms with E-state index in [0.29, 0.717) is 32.5 Å². The van der Waals surface area contributed by atoms with Crippen molar-refractivity contribution < 1.29 is 19.4 Å². The highest BCUT2D eigenvalue weighted by Gasteiger charge is 2.40. The second-order valence-electron chi connectivity index (χ2n) is 7.53. The molecule has 1 aliphatic heterocycles. The molecule has 0 bridgehead atoms. The summed E-state index contributed by atoms with van der Waals surface area (Å²) < 4.78 is 11.0. The number of amides is 1. The van der Waals surface area contributed by atoms with Crippen molar-refractivity contribution in [3.63, 3.8) is 0 Å². The molecule has 0 radical (unpaired) electrons. The molecular weight excluding hydrogens is 354 g/mol. The summed E-state index contributed by atoms with van der Waals surface area (Å²) in [4.78, 5) is 13.1. The molecule has 1 amide bonds. The minimum absolute atomic E-state index is 0.0000414. The van der Waals surface area contributed by atoms with Gasteiger partial charge in [0.25, 0.3) is 0 Å². The Bertz CT molecular complexity index is 799. The molecule has 0 spiro atoms. The van der Waals surface area contributed by atoms with Gasteiger partial charge in [0.15, 0.2) is 0 Å².